The molecule has 1 nitrogen and oxygen atoms in total. The Balaban J connectivity index is 1.70. The summed E-state index contributed by atoms with van der Waals surface area (Å²) in [5, 5.41) is 1.47. The van der Waals surface area contributed by atoms with E-state index in [1.54, 1.807) is 0 Å². The van der Waals surface area contributed by atoms with E-state index in [1.807, 2.05) is 0 Å². The molecule has 1 fully saturated rings. The van der Waals surface area contributed by atoms with Crippen LogP contribution in [0.15, 0.2) is 24.3 Å². The lowest BCUT2D eigenvalue weighted by molar-refractivity contribution is 0.393. The molecular formula is C18H27NS. The van der Waals surface area contributed by atoms with Gasteiger partial charge in [0.05, 0.1) is 0 Å². The lowest BCUT2D eigenvalue weighted by atomic mass is 9.90. The lowest BCUT2D eigenvalue weighted by Gasteiger charge is -2.31. The topological polar surface area (TPSA) is 26.0 Å². The van der Waals surface area contributed by atoms with E-state index in [0.29, 0.717) is 5.25 Å². The lowest BCUT2D eigenvalue weighted by Crippen LogP contribution is -2.27. The summed E-state index contributed by atoms with van der Waals surface area (Å²) >= 11 is 2.21. The summed E-state index contributed by atoms with van der Waals surface area (Å²) in [6.45, 7) is 2.41. The summed E-state index contributed by atoms with van der Waals surface area (Å²) in [6, 6.07) is 9.06. The van der Waals surface area contributed by atoms with Gasteiger partial charge in [-0.25, -0.2) is 0 Å². The van der Waals surface area contributed by atoms with E-state index in [-0.39, 0.29) is 6.04 Å². The number of hydrogen-bond donors (Lipinski definition) is 1. The van der Waals surface area contributed by atoms with Crippen LogP contribution in [0.5, 0.6) is 0 Å². The van der Waals surface area contributed by atoms with Gasteiger partial charge in [0.1, 0.15) is 0 Å². The van der Waals surface area contributed by atoms with Crippen molar-refractivity contribution in [3.05, 3.63) is 35.4 Å². The van der Waals surface area contributed by atoms with Gasteiger partial charge in [-0.15, -0.1) is 0 Å². The van der Waals surface area contributed by atoms with Crippen molar-refractivity contribution in [3.8, 4) is 0 Å². The van der Waals surface area contributed by atoms with Crippen molar-refractivity contribution < 1.29 is 0 Å². The highest BCUT2D eigenvalue weighted by Gasteiger charge is 2.29. The summed E-state index contributed by atoms with van der Waals surface area (Å²) in [7, 11) is 0. The van der Waals surface area contributed by atoms with Gasteiger partial charge in [0, 0.05) is 16.5 Å². The number of aryl methyl sites for hydroxylation is 1. The first-order valence-electron chi connectivity index (χ1n) is 8.23. The molecule has 1 aromatic rings. The van der Waals surface area contributed by atoms with Crippen LogP contribution in [0.25, 0.3) is 0 Å². The van der Waals surface area contributed by atoms with Crippen molar-refractivity contribution >= 4 is 11.8 Å². The summed E-state index contributed by atoms with van der Waals surface area (Å²) in [4.78, 5) is 0. The predicted molar refractivity (Wildman–Crippen MR) is 89.1 cm³/mol. The van der Waals surface area contributed by atoms with Crippen LogP contribution < -0.4 is 5.73 Å². The van der Waals surface area contributed by atoms with E-state index in [0.717, 1.165) is 11.2 Å². The Hall–Kier alpha value is -0.470. The molecule has 0 aliphatic heterocycles. The minimum atomic E-state index is 0.232. The molecule has 0 bridgehead atoms. The Morgan fingerprint density at radius 3 is 2.80 bits per heavy atom. The highest BCUT2D eigenvalue weighted by atomic mass is 32.2. The molecule has 3 rings (SSSR count). The number of benzene rings is 1. The Bertz CT molecular complexity index is 445. The molecule has 0 aromatic heterocycles. The van der Waals surface area contributed by atoms with Crippen LogP contribution in [0.2, 0.25) is 0 Å². The minimum Gasteiger partial charge on any atom is -0.323 e. The quantitative estimate of drug-likeness (QED) is 0.798. The van der Waals surface area contributed by atoms with E-state index < -0.39 is 0 Å². The van der Waals surface area contributed by atoms with Crippen molar-refractivity contribution in [2.75, 3.05) is 0 Å². The molecule has 0 amide bonds. The van der Waals surface area contributed by atoms with E-state index in [4.69, 9.17) is 5.73 Å². The number of nitrogens with two attached hydrogens (primary N) is 1. The summed E-state index contributed by atoms with van der Waals surface area (Å²) in [5.74, 6) is 0.913. The second-order valence-electron chi connectivity index (χ2n) is 6.69. The maximum atomic E-state index is 6.62. The first kappa shape index (κ1) is 14.5. The third kappa shape index (κ3) is 3.23. The van der Waals surface area contributed by atoms with Gasteiger partial charge >= 0.3 is 0 Å². The van der Waals surface area contributed by atoms with Gasteiger partial charge in [-0.1, -0.05) is 44.0 Å². The monoisotopic (exact) mass is 289 g/mol. The third-order valence-electron chi connectivity index (χ3n) is 5.01. The molecule has 1 saturated carbocycles. The summed E-state index contributed by atoms with van der Waals surface area (Å²) < 4.78 is 0. The average molecular weight is 289 g/mol. The number of hydrogen-bond acceptors (Lipinski definition) is 2. The van der Waals surface area contributed by atoms with Crippen molar-refractivity contribution in [2.24, 2.45) is 11.7 Å². The Morgan fingerprint density at radius 1 is 1.10 bits per heavy atom. The summed E-state index contributed by atoms with van der Waals surface area (Å²) in [5.41, 5.74) is 9.52. The first-order chi connectivity index (χ1) is 9.74. The molecule has 2 heteroatoms. The zero-order valence-corrected chi connectivity index (χ0v) is 13.4. The van der Waals surface area contributed by atoms with Crippen molar-refractivity contribution in [1.82, 2.24) is 0 Å². The third-order valence-corrected chi connectivity index (χ3v) is 6.70. The van der Waals surface area contributed by atoms with Gasteiger partial charge in [-0.2, -0.15) is 11.8 Å². The largest absolute Gasteiger partial charge is 0.323 e. The van der Waals surface area contributed by atoms with E-state index in [2.05, 4.69) is 43.0 Å². The molecule has 0 radical (unpaired) electrons. The second kappa shape index (κ2) is 6.53. The maximum absolute atomic E-state index is 6.62. The van der Waals surface area contributed by atoms with Crippen LogP contribution in [0.4, 0.5) is 0 Å². The van der Waals surface area contributed by atoms with Crippen LogP contribution in [-0.4, -0.2) is 10.5 Å². The normalized spacial score (nSPS) is 34.3. The minimum absolute atomic E-state index is 0.232. The maximum Gasteiger partial charge on any atom is 0.0418 e. The van der Waals surface area contributed by atoms with Crippen LogP contribution in [0.1, 0.15) is 62.6 Å². The van der Waals surface area contributed by atoms with E-state index in [9.17, 15) is 0 Å². The molecule has 2 aliphatic rings. The molecule has 1 aromatic carbocycles. The van der Waals surface area contributed by atoms with Crippen molar-refractivity contribution in [3.63, 3.8) is 0 Å². The molecule has 0 saturated heterocycles. The van der Waals surface area contributed by atoms with Crippen LogP contribution in [0, 0.1) is 5.92 Å². The number of rotatable bonds is 2. The van der Waals surface area contributed by atoms with Gasteiger partial charge < -0.3 is 5.73 Å². The standard InChI is InChI=1S/C18H27NS/c1-13-6-4-9-15(12-13)20-17-11-5-8-14-7-2-3-10-16(14)18(17)19/h2-3,7,10,13,15,17-18H,4-6,8-9,11-12,19H2,1H3. The van der Waals surface area contributed by atoms with Crippen LogP contribution in [0.3, 0.4) is 0 Å². The molecule has 2 N–H and O–H groups in total. The van der Waals surface area contributed by atoms with Crippen LogP contribution >= 0.6 is 11.8 Å². The van der Waals surface area contributed by atoms with Gasteiger partial charge in [-0.3, -0.25) is 0 Å². The predicted octanol–water partition coefficient (Wildman–Crippen LogP) is 4.70. The van der Waals surface area contributed by atoms with E-state index in [1.165, 1.54) is 56.1 Å². The fraction of sp³-hybridized carbons (Fsp3) is 0.667. The van der Waals surface area contributed by atoms with Gasteiger partial charge in [0.15, 0.2) is 0 Å². The van der Waals surface area contributed by atoms with Crippen molar-refractivity contribution in [2.45, 2.75) is 68.4 Å². The highest BCUT2D eigenvalue weighted by Crippen LogP contribution is 2.41. The fourth-order valence-electron chi connectivity index (χ4n) is 3.86. The smallest absolute Gasteiger partial charge is 0.0418 e. The Kier molecular flexibility index (Phi) is 4.72. The first-order valence-corrected chi connectivity index (χ1v) is 9.17. The van der Waals surface area contributed by atoms with Gasteiger partial charge in [0.2, 0.25) is 0 Å². The molecule has 0 heterocycles. The van der Waals surface area contributed by atoms with Gasteiger partial charge in [0.25, 0.3) is 0 Å². The molecule has 110 valence electrons. The van der Waals surface area contributed by atoms with E-state index >= 15 is 0 Å². The Morgan fingerprint density at radius 2 is 1.95 bits per heavy atom. The molecule has 4 atom stereocenters. The zero-order chi connectivity index (χ0) is 13.9. The zero-order valence-electron chi connectivity index (χ0n) is 12.6. The Labute approximate surface area is 127 Å². The number of thioether (sulfide) groups is 1. The van der Waals surface area contributed by atoms with Crippen LogP contribution in [-0.2, 0) is 6.42 Å². The second-order valence-corrected chi connectivity index (χ2v) is 8.23. The fourth-order valence-corrected chi connectivity index (χ4v) is 5.72. The molecule has 20 heavy (non-hydrogen) atoms. The highest BCUT2D eigenvalue weighted by molar-refractivity contribution is 8.00. The molecule has 0 spiro atoms. The molecule has 4 unspecified atom stereocenters. The molecule has 2 aliphatic carbocycles. The molecular weight excluding hydrogens is 262 g/mol. The SMILES string of the molecule is CC1CCCC(SC2CCCc3ccccc3C2N)C1. The average Bonchev–Trinajstić information content (AvgIpc) is 2.60. The van der Waals surface area contributed by atoms with Crippen molar-refractivity contribution in [1.29, 1.82) is 0 Å². The summed E-state index contributed by atoms with van der Waals surface area (Å²) in [6.07, 6.45) is 9.43. The number of fused-ring (bicyclic) bond motifs is 1. The van der Waals surface area contributed by atoms with Gasteiger partial charge in [-0.05, 0) is 49.1 Å².